The Bertz CT molecular complexity index is 565. The van der Waals surface area contributed by atoms with Gasteiger partial charge < -0.3 is 15.2 Å². The smallest absolute Gasteiger partial charge is 0.328 e. The number of Topliss-reactive ketones (excluding diaryl/α,β-unsaturated/α-hetero) is 1. The standard InChI is InChI=1S/C15H19NO5/c1-9(17)11-6-5-7-12(8-11)21-10(2)13(18)16-15(3,4)14(19)20/h5-8,10H,1-4H3,(H,16,18)(H,19,20). The van der Waals surface area contributed by atoms with Gasteiger partial charge in [-0.3, -0.25) is 9.59 Å². The molecule has 0 aliphatic rings. The summed E-state index contributed by atoms with van der Waals surface area (Å²) in [5.41, 5.74) is -0.901. The minimum atomic E-state index is -1.38. The summed E-state index contributed by atoms with van der Waals surface area (Å²) in [5, 5.41) is 11.3. The maximum Gasteiger partial charge on any atom is 0.328 e. The number of rotatable bonds is 6. The number of carbonyl (C=O) groups is 3. The normalized spacial score (nSPS) is 12.4. The molecule has 6 nitrogen and oxygen atoms in total. The van der Waals surface area contributed by atoms with Gasteiger partial charge in [-0.15, -0.1) is 0 Å². The number of carboxylic acids is 1. The fourth-order valence-corrected chi connectivity index (χ4v) is 1.51. The molecular weight excluding hydrogens is 274 g/mol. The Morgan fingerprint density at radius 1 is 1.29 bits per heavy atom. The molecule has 0 aliphatic heterocycles. The Labute approximate surface area is 123 Å². The van der Waals surface area contributed by atoms with Crippen molar-refractivity contribution in [2.75, 3.05) is 0 Å². The van der Waals surface area contributed by atoms with Gasteiger partial charge in [-0.05, 0) is 39.8 Å². The van der Waals surface area contributed by atoms with E-state index in [9.17, 15) is 14.4 Å². The Morgan fingerprint density at radius 3 is 2.43 bits per heavy atom. The van der Waals surface area contributed by atoms with Gasteiger partial charge in [0.25, 0.3) is 5.91 Å². The van der Waals surface area contributed by atoms with E-state index >= 15 is 0 Å². The molecule has 0 fully saturated rings. The highest BCUT2D eigenvalue weighted by atomic mass is 16.5. The van der Waals surface area contributed by atoms with Crippen LogP contribution in [-0.2, 0) is 9.59 Å². The van der Waals surface area contributed by atoms with Crippen LogP contribution >= 0.6 is 0 Å². The Kier molecular flexibility index (Phi) is 5.07. The van der Waals surface area contributed by atoms with Crippen LogP contribution in [0.2, 0.25) is 0 Å². The molecule has 114 valence electrons. The zero-order valence-corrected chi connectivity index (χ0v) is 12.5. The third-order valence-corrected chi connectivity index (χ3v) is 2.89. The first-order valence-corrected chi connectivity index (χ1v) is 6.46. The second-order valence-corrected chi connectivity index (χ2v) is 5.26. The van der Waals surface area contributed by atoms with Gasteiger partial charge in [0.15, 0.2) is 11.9 Å². The second kappa shape index (κ2) is 6.39. The van der Waals surface area contributed by atoms with Gasteiger partial charge in [0.05, 0.1) is 0 Å². The number of benzene rings is 1. The van der Waals surface area contributed by atoms with Crippen molar-refractivity contribution < 1.29 is 24.2 Å². The highest BCUT2D eigenvalue weighted by Crippen LogP contribution is 2.16. The van der Waals surface area contributed by atoms with Crippen LogP contribution in [0.5, 0.6) is 5.75 Å². The predicted molar refractivity (Wildman–Crippen MR) is 76.4 cm³/mol. The highest BCUT2D eigenvalue weighted by Gasteiger charge is 2.31. The first-order valence-electron chi connectivity index (χ1n) is 6.46. The Balaban J connectivity index is 2.75. The Morgan fingerprint density at radius 2 is 1.90 bits per heavy atom. The van der Waals surface area contributed by atoms with Gasteiger partial charge in [-0.1, -0.05) is 12.1 Å². The van der Waals surface area contributed by atoms with Crippen LogP contribution in [0, 0.1) is 0 Å². The van der Waals surface area contributed by atoms with E-state index in [1.165, 1.54) is 33.8 Å². The molecule has 1 atom stereocenters. The minimum Gasteiger partial charge on any atom is -0.481 e. The summed E-state index contributed by atoms with van der Waals surface area (Å²) in [5.74, 6) is -1.42. The summed E-state index contributed by atoms with van der Waals surface area (Å²) in [6.45, 7) is 5.71. The minimum absolute atomic E-state index is 0.107. The number of ether oxygens (including phenoxy) is 1. The van der Waals surface area contributed by atoms with Crippen molar-refractivity contribution in [2.45, 2.75) is 39.3 Å². The van der Waals surface area contributed by atoms with Crippen molar-refractivity contribution in [1.82, 2.24) is 5.32 Å². The SMILES string of the molecule is CC(=O)c1cccc(OC(C)C(=O)NC(C)(C)C(=O)O)c1. The first kappa shape index (κ1) is 16.7. The van der Waals surface area contributed by atoms with Gasteiger partial charge in [-0.2, -0.15) is 0 Å². The molecule has 0 saturated carbocycles. The molecule has 21 heavy (non-hydrogen) atoms. The van der Waals surface area contributed by atoms with E-state index in [0.29, 0.717) is 11.3 Å². The van der Waals surface area contributed by atoms with Crippen LogP contribution in [0.4, 0.5) is 0 Å². The summed E-state index contributed by atoms with van der Waals surface area (Å²) in [6, 6.07) is 6.46. The summed E-state index contributed by atoms with van der Waals surface area (Å²) in [4.78, 5) is 34.2. The van der Waals surface area contributed by atoms with Crippen molar-refractivity contribution >= 4 is 17.7 Å². The van der Waals surface area contributed by atoms with E-state index in [1.807, 2.05) is 0 Å². The second-order valence-electron chi connectivity index (χ2n) is 5.26. The van der Waals surface area contributed by atoms with E-state index in [1.54, 1.807) is 18.2 Å². The molecule has 0 aliphatic carbocycles. The molecule has 0 heterocycles. The number of ketones is 1. The van der Waals surface area contributed by atoms with Crippen molar-refractivity contribution in [1.29, 1.82) is 0 Å². The summed E-state index contributed by atoms with van der Waals surface area (Å²) >= 11 is 0. The van der Waals surface area contributed by atoms with Crippen LogP contribution in [0.25, 0.3) is 0 Å². The van der Waals surface area contributed by atoms with Crippen LogP contribution in [-0.4, -0.2) is 34.4 Å². The van der Waals surface area contributed by atoms with Gasteiger partial charge in [0, 0.05) is 5.56 Å². The van der Waals surface area contributed by atoms with Gasteiger partial charge >= 0.3 is 5.97 Å². The number of aliphatic carboxylic acids is 1. The molecule has 0 bridgehead atoms. The average molecular weight is 293 g/mol. The number of carboxylic acid groups (broad SMARTS) is 1. The molecule has 0 aromatic heterocycles. The average Bonchev–Trinajstić information content (AvgIpc) is 2.38. The molecular formula is C15H19NO5. The van der Waals surface area contributed by atoms with Crippen LogP contribution in [0.3, 0.4) is 0 Å². The topological polar surface area (TPSA) is 92.7 Å². The van der Waals surface area contributed by atoms with E-state index < -0.39 is 23.5 Å². The van der Waals surface area contributed by atoms with Crippen LogP contribution < -0.4 is 10.1 Å². The lowest BCUT2D eigenvalue weighted by Gasteiger charge is -2.23. The van der Waals surface area contributed by atoms with E-state index in [2.05, 4.69) is 5.32 Å². The molecule has 0 spiro atoms. The molecule has 1 unspecified atom stereocenters. The number of carbonyl (C=O) groups excluding carboxylic acids is 2. The van der Waals surface area contributed by atoms with Gasteiger partial charge in [0.2, 0.25) is 0 Å². The zero-order valence-electron chi connectivity index (χ0n) is 12.5. The lowest BCUT2D eigenvalue weighted by molar-refractivity contribution is -0.147. The maximum atomic E-state index is 11.9. The lowest BCUT2D eigenvalue weighted by atomic mass is 10.1. The Hall–Kier alpha value is -2.37. The number of hydrogen-bond donors (Lipinski definition) is 2. The predicted octanol–water partition coefficient (Wildman–Crippen LogP) is 1.64. The van der Waals surface area contributed by atoms with E-state index in [4.69, 9.17) is 9.84 Å². The lowest BCUT2D eigenvalue weighted by Crippen LogP contribution is -2.53. The number of nitrogens with one attached hydrogen (secondary N) is 1. The van der Waals surface area contributed by atoms with Crippen molar-refractivity contribution in [3.8, 4) is 5.75 Å². The van der Waals surface area contributed by atoms with Crippen molar-refractivity contribution in [2.24, 2.45) is 0 Å². The summed E-state index contributed by atoms with van der Waals surface area (Å²) in [6.07, 6.45) is -0.883. The molecule has 1 amide bonds. The molecule has 0 radical (unpaired) electrons. The fourth-order valence-electron chi connectivity index (χ4n) is 1.51. The highest BCUT2D eigenvalue weighted by molar-refractivity contribution is 5.94. The largest absolute Gasteiger partial charge is 0.481 e. The zero-order chi connectivity index (χ0) is 16.2. The first-order chi connectivity index (χ1) is 9.63. The molecule has 6 heteroatoms. The quantitative estimate of drug-likeness (QED) is 0.778. The van der Waals surface area contributed by atoms with Crippen molar-refractivity contribution in [3.05, 3.63) is 29.8 Å². The number of hydrogen-bond acceptors (Lipinski definition) is 4. The van der Waals surface area contributed by atoms with Crippen LogP contribution in [0.15, 0.2) is 24.3 Å². The maximum absolute atomic E-state index is 11.9. The molecule has 1 aromatic rings. The fraction of sp³-hybridized carbons (Fsp3) is 0.400. The molecule has 1 aromatic carbocycles. The molecule has 1 rings (SSSR count). The monoisotopic (exact) mass is 293 g/mol. The number of amides is 1. The van der Waals surface area contributed by atoms with Crippen molar-refractivity contribution in [3.63, 3.8) is 0 Å². The molecule has 0 saturated heterocycles. The van der Waals surface area contributed by atoms with E-state index in [0.717, 1.165) is 0 Å². The summed E-state index contributed by atoms with van der Waals surface area (Å²) in [7, 11) is 0. The van der Waals surface area contributed by atoms with Gasteiger partial charge in [0.1, 0.15) is 11.3 Å². The third-order valence-electron chi connectivity index (χ3n) is 2.89. The molecule has 2 N–H and O–H groups in total. The van der Waals surface area contributed by atoms with E-state index in [-0.39, 0.29) is 5.78 Å². The van der Waals surface area contributed by atoms with Gasteiger partial charge in [-0.25, -0.2) is 4.79 Å². The summed E-state index contributed by atoms with van der Waals surface area (Å²) < 4.78 is 5.44. The third kappa shape index (κ3) is 4.59. The van der Waals surface area contributed by atoms with Crippen LogP contribution in [0.1, 0.15) is 38.1 Å².